The second-order valence-corrected chi connectivity index (χ2v) is 13.0. The van der Waals surface area contributed by atoms with Crippen molar-refractivity contribution in [3.8, 4) is 0 Å². The van der Waals surface area contributed by atoms with Crippen molar-refractivity contribution < 1.29 is 27.7 Å². The van der Waals surface area contributed by atoms with Crippen LogP contribution in [0.2, 0.25) is 0 Å². The maximum atomic E-state index is 13.5. The molecule has 11 heteroatoms. The number of hydrogen-bond acceptors (Lipinski definition) is 7. The van der Waals surface area contributed by atoms with Crippen LogP contribution < -0.4 is 10.0 Å². The number of esters is 1. The van der Waals surface area contributed by atoms with E-state index in [1.807, 2.05) is 18.2 Å². The van der Waals surface area contributed by atoms with Gasteiger partial charge in [-0.05, 0) is 75.1 Å². The Morgan fingerprint density at radius 1 is 1.08 bits per heavy atom. The molecule has 0 aromatic heterocycles. The van der Waals surface area contributed by atoms with E-state index in [1.165, 1.54) is 23.3 Å². The smallest absolute Gasteiger partial charge is 0.329 e. The van der Waals surface area contributed by atoms with Crippen molar-refractivity contribution in [2.24, 2.45) is 5.92 Å². The Morgan fingerprint density at radius 2 is 1.77 bits per heavy atom. The average Bonchev–Trinajstić information content (AvgIpc) is 3.55. The lowest BCUT2D eigenvalue weighted by Crippen LogP contribution is -2.53. The normalized spacial score (nSPS) is 16.7. The molecule has 210 valence electrons. The molecule has 0 unspecified atom stereocenters. The minimum Gasteiger partial charge on any atom is -0.458 e. The number of rotatable bonds is 11. The molecule has 39 heavy (non-hydrogen) atoms. The molecule has 1 saturated carbocycles. The number of ether oxygens (including phenoxy) is 1. The summed E-state index contributed by atoms with van der Waals surface area (Å²) in [5.74, 6) is -1.16. The van der Waals surface area contributed by atoms with E-state index in [1.54, 1.807) is 20.8 Å². The monoisotopic (exact) mass is 557 g/mol. The Bertz CT molecular complexity index is 1360. The van der Waals surface area contributed by atoms with Crippen LogP contribution in [0.25, 0.3) is 0 Å². The third-order valence-corrected chi connectivity index (χ3v) is 8.36. The van der Waals surface area contributed by atoms with E-state index in [0.717, 1.165) is 49.8 Å². The molecule has 1 fully saturated rings. The van der Waals surface area contributed by atoms with Gasteiger partial charge in [0.1, 0.15) is 17.7 Å². The van der Waals surface area contributed by atoms with E-state index in [-0.39, 0.29) is 18.8 Å². The molecule has 2 N–H and O–H groups in total. The van der Waals surface area contributed by atoms with Crippen LogP contribution in [0.3, 0.4) is 0 Å². The van der Waals surface area contributed by atoms with E-state index in [2.05, 4.69) is 10.0 Å². The summed E-state index contributed by atoms with van der Waals surface area (Å²) in [7, 11) is -4.42. The molecule has 2 aromatic carbocycles. The highest BCUT2D eigenvalue weighted by atomic mass is 32.2. The predicted octanol–water partition coefficient (Wildman–Crippen LogP) is 3.60. The number of aryl methyl sites for hydroxylation is 2. The largest absolute Gasteiger partial charge is 0.458 e. The molecule has 1 amide bonds. The number of nitro groups is 1. The Kier molecular flexibility index (Phi) is 8.41. The molecule has 0 radical (unpaired) electrons. The van der Waals surface area contributed by atoms with Gasteiger partial charge in [0.2, 0.25) is 15.9 Å². The minimum atomic E-state index is -4.42. The number of hydrogen-bond donors (Lipinski definition) is 2. The highest BCUT2D eigenvalue weighted by Crippen LogP contribution is 2.34. The van der Waals surface area contributed by atoms with Gasteiger partial charge in [-0.3, -0.25) is 14.9 Å². The molecule has 4 rings (SSSR count). The standard InChI is InChI=1S/C28H35N3O7S/c1-28(2,3)38-27(33)23(17-19-13-14-20-7-6-8-21(20)15-19)29-26(32)22(16-18-11-12-18)30-39(36,37)25-10-5-4-9-24(25)31(34)35/h4-5,9-10,13-15,18,22-23,30H,6-8,11-12,16-17H2,1-3H3,(H,29,32)/t22-,23-/m0/s1. The number of carbonyl (C=O) groups excluding carboxylic acids is 2. The minimum absolute atomic E-state index is 0.144. The number of sulfonamides is 1. The van der Waals surface area contributed by atoms with Gasteiger partial charge >= 0.3 is 5.97 Å². The molecule has 0 spiro atoms. The maximum absolute atomic E-state index is 13.5. The number of nitrogens with zero attached hydrogens (tertiary/aromatic N) is 1. The highest BCUT2D eigenvalue weighted by Gasteiger charge is 2.37. The van der Waals surface area contributed by atoms with Crippen LogP contribution in [0, 0.1) is 16.0 Å². The third-order valence-electron chi connectivity index (χ3n) is 6.84. The van der Waals surface area contributed by atoms with Gasteiger partial charge in [-0.1, -0.05) is 43.2 Å². The zero-order valence-corrected chi connectivity index (χ0v) is 23.3. The first-order valence-corrected chi connectivity index (χ1v) is 14.7. The van der Waals surface area contributed by atoms with Gasteiger partial charge in [-0.2, -0.15) is 4.72 Å². The van der Waals surface area contributed by atoms with E-state index in [0.29, 0.717) is 0 Å². The first-order chi connectivity index (χ1) is 18.3. The maximum Gasteiger partial charge on any atom is 0.329 e. The number of para-hydroxylation sites is 1. The van der Waals surface area contributed by atoms with Crippen LogP contribution in [-0.4, -0.2) is 42.9 Å². The first kappa shape index (κ1) is 28.7. The van der Waals surface area contributed by atoms with Gasteiger partial charge < -0.3 is 10.1 Å². The Hall–Kier alpha value is -3.31. The van der Waals surface area contributed by atoms with Gasteiger partial charge in [0.05, 0.1) is 4.92 Å². The van der Waals surface area contributed by atoms with Crippen molar-refractivity contribution >= 4 is 27.6 Å². The van der Waals surface area contributed by atoms with Crippen molar-refractivity contribution in [2.75, 3.05) is 0 Å². The molecule has 0 heterocycles. The van der Waals surface area contributed by atoms with Gasteiger partial charge in [0.25, 0.3) is 5.69 Å². The lowest BCUT2D eigenvalue weighted by Gasteiger charge is -2.26. The molecule has 2 aliphatic carbocycles. The topological polar surface area (TPSA) is 145 Å². The quantitative estimate of drug-likeness (QED) is 0.244. The first-order valence-electron chi connectivity index (χ1n) is 13.2. The SMILES string of the molecule is CC(C)(C)OC(=O)[C@H](Cc1ccc2c(c1)CCC2)NC(=O)[C@H](CC1CC1)NS(=O)(=O)c1ccccc1[N+](=O)[O-]. The van der Waals surface area contributed by atoms with Crippen LogP contribution in [0.4, 0.5) is 5.69 Å². The van der Waals surface area contributed by atoms with Gasteiger partial charge in [-0.25, -0.2) is 13.2 Å². The van der Waals surface area contributed by atoms with Crippen LogP contribution in [0.5, 0.6) is 0 Å². The number of benzene rings is 2. The number of nitro benzene ring substituents is 1. The van der Waals surface area contributed by atoms with E-state index >= 15 is 0 Å². The number of carbonyl (C=O) groups is 2. The lowest BCUT2D eigenvalue weighted by molar-refractivity contribution is -0.387. The summed E-state index contributed by atoms with van der Waals surface area (Å²) in [5, 5.41) is 14.2. The van der Waals surface area contributed by atoms with Crippen molar-refractivity contribution in [3.05, 3.63) is 69.3 Å². The Balaban J connectivity index is 1.57. The summed E-state index contributed by atoms with van der Waals surface area (Å²) in [5.41, 5.74) is 2.00. The van der Waals surface area contributed by atoms with Crippen molar-refractivity contribution in [3.63, 3.8) is 0 Å². The zero-order chi connectivity index (χ0) is 28.4. The second kappa shape index (κ2) is 11.4. The van der Waals surface area contributed by atoms with Crippen LogP contribution in [0.1, 0.15) is 63.1 Å². The zero-order valence-electron chi connectivity index (χ0n) is 22.4. The molecule has 2 aromatic rings. The molecule has 2 atom stereocenters. The van der Waals surface area contributed by atoms with Crippen LogP contribution in [-0.2, 0) is 43.6 Å². The van der Waals surface area contributed by atoms with Crippen LogP contribution >= 0.6 is 0 Å². The summed E-state index contributed by atoms with van der Waals surface area (Å²) in [4.78, 5) is 36.8. The summed E-state index contributed by atoms with van der Waals surface area (Å²) in [6.07, 6.45) is 5.15. The second-order valence-electron chi connectivity index (χ2n) is 11.3. The Morgan fingerprint density at radius 3 is 2.44 bits per heavy atom. The van der Waals surface area contributed by atoms with Crippen LogP contribution in [0.15, 0.2) is 47.4 Å². The Labute approximate surface area is 228 Å². The van der Waals surface area contributed by atoms with E-state index in [4.69, 9.17) is 4.74 Å². The van der Waals surface area contributed by atoms with Gasteiger partial charge in [0.15, 0.2) is 4.90 Å². The molecule has 0 bridgehead atoms. The molecular weight excluding hydrogens is 522 g/mol. The summed E-state index contributed by atoms with van der Waals surface area (Å²) < 4.78 is 34.3. The fourth-order valence-corrected chi connectivity index (χ4v) is 6.19. The number of fused-ring (bicyclic) bond motifs is 1. The number of amides is 1. The molecule has 2 aliphatic rings. The number of nitrogens with one attached hydrogen (secondary N) is 2. The van der Waals surface area contributed by atoms with Gasteiger partial charge in [-0.15, -0.1) is 0 Å². The molecule has 0 saturated heterocycles. The van der Waals surface area contributed by atoms with Crippen molar-refractivity contribution in [1.29, 1.82) is 0 Å². The van der Waals surface area contributed by atoms with Crippen molar-refractivity contribution in [1.82, 2.24) is 10.0 Å². The average molecular weight is 558 g/mol. The summed E-state index contributed by atoms with van der Waals surface area (Å²) >= 11 is 0. The predicted molar refractivity (Wildman–Crippen MR) is 144 cm³/mol. The van der Waals surface area contributed by atoms with E-state index in [9.17, 15) is 28.1 Å². The molecular formula is C28H35N3O7S. The lowest BCUT2D eigenvalue weighted by atomic mass is 10.00. The molecule has 0 aliphatic heterocycles. The highest BCUT2D eigenvalue weighted by molar-refractivity contribution is 7.89. The fraction of sp³-hybridized carbons (Fsp3) is 0.500. The summed E-state index contributed by atoms with van der Waals surface area (Å²) in [6, 6.07) is 8.74. The van der Waals surface area contributed by atoms with E-state index < -0.39 is 55.1 Å². The fourth-order valence-electron chi connectivity index (χ4n) is 4.81. The van der Waals surface area contributed by atoms with Gasteiger partial charge in [0, 0.05) is 12.5 Å². The van der Waals surface area contributed by atoms with Crippen molar-refractivity contribution in [2.45, 2.75) is 88.3 Å². The third kappa shape index (κ3) is 7.63. The summed E-state index contributed by atoms with van der Waals surface area (Å²) in [6.45, 7) is 5.20. The molecule has 10 nitrogen and oxygen atoms in total.